The first-order chi connectivity index (χ1) is 10.1. The van der Waals surface area contributed by atoms with Crippen LogP contribution >= 0.6 is 8.01 Å². The van der Waals surface area contributed by atoms with E-state index >= 15 is 0 Å². The molecule has 0 saturated carbocycles. The van der Waals surface area contributed by atoms with Crippen molar-refractivity contribution in [3.8, 4) is 0 Å². The van der Waals surface area contributed by atoms with Gasteiger partial charge in [0, 0.05) is 0 Å². The van der Waals surface area contributed by atoms with E-state index in [4.69, 9.17) is 4.41 Å². The highest BCUT2D eigenvalue weighted by Gasteiger charge is 2.55. The van der Waals surface area contributed by atoms with Crippen LogP contribution in [0.2, 0.25) is 98.2 Å². The minimum atomic E-state index is -1.50. The summed E-state index contributed by atoms with van der Waals surface area (Å²) in [6, 6.07) is 0. The quantitative estimate of drug-likeness (QED) is 0.307. The van der Waals surface area contributed by atoms with Gasteiger partial charge in [0.15, 0.2) is 32.9 Å². The predicted molar refractivity (Wildman–Crippen MR) is 130 cm³/mol. The van der Waals surface area contributed by atoms with Crippen molar-refractivity contribution in [1.82, 2.24) is 8.00 Å². The molecule has 0 unspecified atom stereocenters. The summed E-state index contributed by atoms with van der Waals surface area (Å²) in [5.41, 5.74) is 0. The summed E-state index contributed by atoms with van der Waals surface area (Å²) in [5.74, 6) is 0. The van der Waals surface area contributed by atoms with Crippen molar-refractivity contribution in [2.24, 2.45) is 4.41 Å². The molecule has 0 saturated heterocycles. The Labute approximate surface area is 159 Å². The van der Waals surface area contributed by atoms with E-state index in [0.29, 0.717) is 0 Å². The van der Waals surface area contributed by atoms with Gasteiger partial charge in [-0.1, -0.05) is 78.6 Å². The second kappa shape index (κ2) is 7.62. The Hall–Kier alpha value is 1.10. The van der Waals surface area contributed by atoms with Crippen molar-refractivity contribution in [2.45, 2.75) is 98.2 Å². The third kappa shape index (κ3) is 7.78. The number of hydrogen-bond acceptors (Lipinski definition) is 1. The summed E-state index contributed by atoms with van der Waals surface area (Å²) >= 11 is 0. The molecule has 24 heavy (non-hydrogen) atoms. The summed E-state index contributed by atoms with van der Waals surface area (Å²) < 4.78 is 11.7. The lowest BCUT2D eigenvalue weighted by Crippen LogP contribution is -2.62. The van der Waals surface area contributed by atoms with Gasteiger partial charge in [0.25, 0.3) is 0 Å². The summed E-state index contributed by atoms with van der Waals surface area (Å²) in [6.45, 7) is 37.7. The van der Waals surface area contributed by atoms with Crippen LogP contribution in [0.3, 0.4) is 0 Å². The van der Waals surface area contributed by atoms with E-state index in [1.165, 1.54) is 0 Å². The van der Waals surface area contributed by atoms with Crippen LogP contribution in [-0.2, 0) is 0 Å². The molecule has 0 bridgehead atoms. The number of nitrogens with zero attached hydrogens (tertiary/aromatic N) is 3. The van der Waals surface area contributed by atoms with E-state index in [-0.39, 0.29) is 0 Å². The van der Waals surface area contributed by atoms with E-state index in [9.17, 15) is 0 Å². The van der Waals surface area contributed by atoms with Gasteiger partial charge in [-0.2, -0.15) is 8.00 Å². The van der Waals surface area contributed by atoms with Crippen LogP contribution in [0.25, 0.3) is 0 Å². The van der Waals surface area contributed by atoms with Gasteiger partial charge in [-0.3, -0.25) is 0 Å². The maximum atomic E-state index is 5.67. The molecule has 0 aromatic carbocycles. The molecule has 9 heteroatoms. The third-order valence-corrected chi connectivity index (χ3v) is 29.6. The molecule has 0 aromatic heterocycles. The van der Waals surface area contributed by atoms with Crippen molar-refractivity contribution >= 4 is 49.2 Å². The minimum Gasteiger partial charge on any atom is -0.154 e. The van der Waals surface area contributed by atoms with E-state index in [2.05, 4.69) is 106 Å². The van der Waals surface area contributed by atoms with E-state index in [0.717, 1.165) is 0 Å². The van der Waals surface area contributed by atoms with Crippen LogP contribution in [0.4, 0.5) is 0 Å². The molecular weight excluding hydrogens is 394 g/mol. The molecule has 0 fully saturated rings. The molecule has 0 aliphatic heterocycles. The second-order valence-electron chi connectivity index (χ2n) is 11.8. The summed E-state index contributed by atoms with van der Waals surface area (Å²) in [4.78, 5) is 0. The molecule has 0 amide bonds. The molecule has 0 radical (unpaired) electrons. The monoisotopic (exact) mass is 438 g/mol. The first-order valence-electron chi connectivity index (χ1n) is 9.22. The van der Waals surface area contributed by atoms with E-state index in [1.54, 1.807) is 0 Å². The van der Waals surface area contributed by atoms with Crippen molar-refractivity contribution in [1.29, 1.82) is 0 Å². The highest BCUT2D eigenvalue weighted by atomic mass is 31.1. The third-order valence-electron chi connectivity index (χ3n) is 3.29. The maximum absolute atomic E-state index is 5.67. The Morgan fingerprint density at radius 1 is 0.458 bits per heavy atom. The summed E-state index contributed by atoms with van der Waals surface area (Å²) in [7, 11) is -7.83. The Bertz CT molecular complexity index is 400. The van der Waals surface area contributed by atoms with Gasteiger partial charge in [-0.15, -0.1) is 4.41 Å². The molecular formula is C15H45N3PSi5+. The lowest BCUT2D eigenvalue weighted by Gasteiger charge is -2.44. The first-order valence-corrected chi connectivity index (χ1v) is 27.7. The first kappa shape index (κ1) is 25.1. The summed E-state index contributed by atoms with van der Waals surface area (Å²) in [5, 5.41) is 0. The lowest BCUT2D eigenvalue weighted by atomic mass is 11.8. The zero-order valence-corrected chi connectivity index (χ0v) is 25.2. The molecule has 0 heterocycles. The topological polar surface area (TPSA) is 18.8 Å². The van der Waals surface area contributed by atoms with Crippen molar-refractivity contribution in [3.63, 3.8) is 0 Å². The Kier molecular flexibility index (Phi) is 7.97. The minimum absolute atomic E-state index is 0.528. The molecule has 0 atom stereocenters. The van der Waals surface area contributed by atoms with Crippen LogP contribution in [0.1, 0.15) is 0 Å². The van der Waals surface area contributed by atoms with Crippen molar-refractivity contribution < 1.29 is 0 Å². The standard InChI is InChI=1S/C15H45N3PSi5/c1-20(2,3)16-19(17(21(4,5)6)22(7,8)9)18(23(10,11)12)24(13,14)15/h1-15H3/q+1. The van der Waals surface area contributed by atoms with E-state index < -0.39 is 49.2 Å². The van der Waals surface area contributed by atoms with Gasteiger partial charge in [0.1, 0.15) is 0 Å². The summed E-state index contributed by atoms with van der Waals surface area (Å²) in [6.07, 6.45) is 0. The van der Waals surface area contributed by atoms with Crippen LogP contribution in [0.15, 0.2) is 4.41 Å². The largest absolute Gasteiger partial charge is 0.357 e. The number of hydrogen-bond donors (Lipinski definition) is 0. The average molecular weight is 439 g/mol. The van der Waals surface area contributed by atoms with Crippen molar-refractivity contribution in [3.05, 3.63) is 0 Å². The fourth-order valence-electron chi connectivity index (χ4n) is 3.53. The predicted octanol–water partition coefficient (Wildman–Crippen LogP) is 7.26. The zero-order valence-electron chi connectivity index (χ0n) is 19.3. The molecule has 0 rings (SSSR count). The zero-order chi connectivity index (χ0) is 19.9. The van der Waals surface area contributed by atoms with Crippen LogP contribution in [-0.4, -0.2) is 49.2 Å². The highest BCUT2D eigenvalue weighted by molar-refractivity contribution is 7.54. The second-order valence-corrected chi connectivity index (χ2v) is 39.9. The molecule has 0 N–H and O–H groups in total. The molecule has 0 spiro atoms. The van der Waals surface area contributed by atoms with Crippen LogP contribution < -0.4 is 0 Å². The molecule has 0 aliphatic rings. The SMILES string of the molecule is C[Si](C)(C)N=[P+](N([Si](C)(C)C)[Si](C)(C)C)N([Si](C)(C)C)[Si](C)(C)C. The van der Waals surface area contributed by atoms with Crippen LogP contribution in [0, 0.1) is 0 Å². The Balaban J connectivity index is 6.76. The highest BCUT2D eigenvalue weighted by Crippen LogP contribution is 2.50. The maximum Gasteiger partial charge on any atom is 0.357 e. The molecule has 144 valence electrons. The van der Waals surface area contributed by atoms with Gasteiger partial charge < -0.3 is 0 Å². The Morgan fingerprint density at radius 2 is 0.667 bits per heavy atom. The van der Waals surface area contributed by atoms with Gasteiger partial charge >= 0.3 is 8.01 Å². The van der Waals surface area contributed by atoms with Gasteiger partial charge in [-0.05, 0) is 19.6 Å². The number of rotatable bonds is 7. The molecule has 3 nitrogen and oxygen atoms in total. The van der Waals surface area contributed by atoms with Crippen molar-refractivity contribution in [2.75, 3.05) is 0 Å². The van der Waals surface area contributed by atoms with Crippen LogP contribution in [0.5, 0.6) is 0 Å². The smallest absolute Gasteiger partial charge is 0.154 e. The van der Waals surface area contributed by atoms with Gasteiger partial charge in [-0.25, -0.2) is 0 Å². The molecule has 0 aromatic rings. The molecule has 0 aliphatic carbocycles. The van der Waals surface area contributed by atoms with E-state index in [1.807, 2.05) is 0 Å². The fourth-order valence-corrected chi connectivity index (χ4v) is 35.0. The van der Waals surface area contributed by atoms with Gasteiger partial charge in [0.2, 0.25) is 8.24 Å². The fraction of sp³-hybridized carbons (Fsp3) is 1.00. The normalized spacial score (nSPS) is 15.2. The lowest BCUT2D eigenvalue weighted by molar-refractivity contribution is 0.872. The Morgan fingerprint density at radius 3 is 0.792 bits per heavy atom. The van der Waals surface area contributed by atoms with Gasteiger partial charge in [0.05, 0.1) is 0 Å². The average Bonchev–Trinajstić information content (AvgIpc) is 2.01.